The number of nitrogens with one attached hydrogen (secondary N) is 1. The molecular weight excluding hydrogens is 282 g/mol. The SMILES string of the molecule is CC(C)Oc1ccc(CCCC(=O)NCCCC(=O)O)cc1. The summed E-state index contributed by atoms with van der Waals surface area (Å²) in [5, 5.41) is 11.2. The van der Waals surface area contributed by atoms with Crippen LogP contribution in [0.2, 0.25) is 0 Å². The van der Waals surface area contributed by atoms with Gasteiger partial charge in [0.05, 0.1) is 6.10 Å². The van der Waals surface area contributed by atoms with Crippen molar-refractivity contribution in [2.24, 2.45) is 0 Å². The summed E-state index contributed by atoms with van der Waals surface area (Å²) in [4.78, 5) is 21.9. The van der Waals surface area contributed by atoms with E-state index in [1.807, 2.05) is 38.1 Å². The number of hydrogen-bond donors (Lipinski definition) is 2. The van der Waals surface area contributed by atoms with Gasteiger partial charge in [0.2, 0.25) is 5.91 Å². The van der Waals surface area contributed by atoms with E-state index < -0.39 is 5.97 Å². The zero-order valence-electron chi connectivity index (χ0n) is 13.3. The Kier molecular flexibility index (Phi) is 8.04. The van der Waals surface area contributed by atoms with Crippen molar-refractivity contribution in [3.63, 3.8) is 0 Å². The monoisotopic (exact) mass is 307 g/mol. The van der Waals surface area contributed by atoms with Gasteiger partial charge in [-0.1, -0.05) is 12.1 Å². The highest BCUT2D eigenvalue weighted by Gasteiger charge is 2.03. The first-order valence-electron chi connectivity index (χ1n) is 7.71. The molecule has 1 aromatic rings. The molecule has 0 aliphatic heterocycles. The zero-order chi connectivity index (χ0) is 16.4. The lowest BCUT2D eigenvalue weighted by Crippen LogP contribution is -2.24. The van der Waals surface area contributed by atoms with Crippen molar-refractivity contribution in [3.05, 3.63) is 29.8 Å². The summed E-state index contributed by atoms with van der Waals surface area (Å²) in [7, 11) is 0. The van der Waals surface area contributed by atoms with E-state index in [0.29, 0.717) is 19.4 Å². The lowest BCUT2D eigenvalue weighted by atomic mass is 10.1. The Hall–Kier alpha value is -2.04. The van der Waals surface area contributed by atoms with Gasteiger partial charge in [0.25, 0.3) is 0 Å². The van der Waals surface area contributed by atoms with Gasteiger partial charge < -0.3 is 15.2 Å². The Labute approximate surface area is 131 Å². The molecule has 0 fully saturated rings. The molecule has 122 valence electrons. The van der Waals surface area contributed by atoms with Crippen molar-refractivity contribution in [1.82, 2.24) is 5.32 Å². The van der Waals surface area contributed by atoms with E-state index in [-0.39, 0.29) is 18.4 Å². The van der Waals surface area contributed by atoms with E-state index in [1.165, 1.54) is 5.56 Å². The summed E-state index contributed by atoms with van der Waals surface area (Å²) in [6.45, 7) is 4.40. The molecule has 0 unspecified atom stereocenters. The maximum absolute atomic E-state index is 11.6. The number of aryl methyl sites for hydroxylation is 1. The first-order valence-corrected chi connectivity index (χ1v) is 7.71. The van der Waals surface area contributed by atoms with E-state index in [2.05, 4.69) is 5.32 Å². The highest BCUT2D eigenvalue weighted by Crippen LogP contribution is 2.15. The lowest BCUT2D eigenvalue weighted by Gasteiger charge is -2.10. The second-order valence-corrected chi connectivity index (χ2v) is 5.51. The zero-order valence-corrected chi connectivity index (χ0v) is 13.3. The average molecular weight is 307 g/mol. The van der Waals surface area contributed by atoms with Crippen LogP contribution in [0, 0.1) is 0 Å². The van der Waals surface area contributed by atoms with E-state index in [0.717, 1.165) is 18.6 Å². The molecule has 0 saturated carbocycles. The number of amides is 1. The number of carbonyl (C=O) groups excluding carboxylic acids is 1. The summed E-state index contributed by atoms with van der Waals surface area (Å²) in [5.74, 6) is -0.000726. The van der Waals surface area contributed by atoms with Crippen LogP contribution in [0.3, 0.4) is 0 Å². The molecule has 0 atom stereocenters. The van der Waals surface area contributed by atoms with E-state index in [1.54, 1.807) is 0 Å². The minimum atomic E-state index is -0.834. The average Bonchev–Trinajstić information content (AvgIpc) is 2.45. The molecule has 0 spiro atoms. The van der Waals surface area contributed by atoms with Crippen LogP contribution in [0.25, 0.3) is 0 Å². The van der Waals surface area contributed by atoms with E-state index in [4.69, 9.17) is 9.84 Å². The van der Waals surface area contributed by atoms with E-state index in [9.17, 15) is 9.59 Å². The third kappa shape index (κ3) is 8.29. The molecule has 0 aliphatic carbocycles. The number of carbonyl (C=O) groups is 2. The predicted octanol–water partition coefficient (Wildman–Crippen LogP) is 2.78. The Morgan fingerprint density at radius 2 is 1.82 bits per heavy atom. The largest absolute Gasteiger partial charge is 0.491 e. The van der Waals surface area contributed by atoms with Crippen molar-refractivity contribution in [1.29, 1.82) is 0 Å². The first-order chi connectivity index (χ1) is 10.5. The minimum absolute atomic E-state index is 0.0230. The molecule has 22 heavy (non-hydrogen) atoms. The fourth-order valence-corrected chi connectivity index (χ4v) is 2.02. The Morgan fingerprint density at radius 1 is 1.14 bits per heavy atom. The van der Waals surface area contributed by atoms with Crippen LogP contribution in [0.15, 0.2) is 24.3 Å². The van der Waals surface area contributed by atoms with Crippen LogP contribution in [0.1, 0.15) is 45.1 Å². The Morgan fingerprint density at radius 3 is 2.41 bits per heavy atom. The molecule has 0 radical (unpaired) electrons. The summed E-state index contributed by atoms with van der Waals surface area (Å²) >= 11 is 0. The molecule has 0 heterocycles. The van der Waals surface area contributed by atoms with Crippen LogP contribution < -0.4 is 10.1 Å². The molecule has 0 aromatic heterocycles. The van der Waals surface area contributed by atoms with Gasteiger partial charge in [0.1, 0.15) is 5.75 Å². The number of rotatable bonds is 10. The molecule has 1 amide bonds. The van der Waals surface area contributed by atoms with Crippen LogP contribution in [0.5, 0.6) is 5.75 Å². The Bertz CT molecular complexity index is 468. The fraction of sp³-hybridized carbons (Fsp3) is 0.529. The van der Waals surface area contributed by atoms with Gasteiger partial charge in [-0.2, -0.15) is 0 Å². The number of carboxylic acid groups (broad SMARTS) is 1. The highest BCUT2D eigenvalue weighted by atomic mass is 16.5. The summed E-state index contributed by atoms with van der Waals surface area (Å²) < 4.78 is 5.58. The third-order valence-corrected chi connectivity index (χ3v) is 3.05. The van der Waals surface area contributed by atoms with Crippen LogP contribution in [0.4, 0.5) is 0 Å². The number of hydrogen-bond acceptors (Lipinski definition) is 3. The van der Waals surface area contributed by atoms with Crippen LogP contribution >= 0.6 is 0 Å². The molecule has 5 nitrogen and oxygen atoms in total. The second-order valence-electron chi connectivity index (χ2n) is 5.51. The molecule has 5 heteroatoms. The van der Waals surface area contributed by atoms with Gasteiger partial charge >= 0.3 is 5.97 Å². The quantitative estimate of drug-likeness (QED) is 0.652. The molecule has 0 aliphatic rings. The van der Waals surface area contributed by atoms with Crippen molar-refractivity contribution >= 4 is 11.9 Å². The van der Waals surface area contributed by atoms with Crippen LogP contribution in [-0.2, 0) is 16.0 Å². The summed E-state index contributed by atoms with van der Waals surface area (Å²) in [5.41, 5.74) is 1.18. The smallest absolute Gasteiger partial charge is 0.303 e. The number of aliphatic carboxylic acids is 1. The standard InChI is InChI=1S/C17H25NO4/c1-13(2)22-15-10-8-14(9-11-15)5-3-6-16(19)18-12-4-7-17(20)21/h8-11,13H,3-7,12H2,1-2H3,(H,18,19)(H,20,21). The molecule has 1 aromatic carbocycles. The Balaban J connectivity index is 2.18. The van der Waals surface area contributed by atoms with Gasteiger partial charge in [0, 0.05) is 19.4 Å². The van der Waals surface area contributed by atoms with Crippen molar-refractivity contribution in [2.45, 2.75) is 52.1 Å². The summed E-state index contributed by atoms with van der Waals surface area (Å²) in [6, 6.07) is 7.92. The summed E-state index contributed by atoms with van der Waals surface area (Å²) in [6.07, 6.45) is 2.79. The third-order valence-electron chi connectivity index (χ3n) is 3.05. The molecule has 0 bridgehead atoms. The lowest BCUT2D eigenvalue weighted by molar-refractivity contribution is -0.137. The van der Waals surface area contributed by atoms with Gasteiger partial charge in [-0.05, 0) is 50.8 Å². The highest BCUT2D eigenvalue weighted by molar-refractivity contribution is 5.75. The van der Waals surface area contributed by atoms with Gasteiger partial charge in [-0.3, -0.25) is 9.59 Å². The molecule has 0 saturated heterocycles. The number of carboxylic acids is 1. The van der Waals surface area contributed by atoms with Crippen molar-refractivity contribution < 1.29 is 19.4 Å². The maximum Gasteiger partial charge on any atom is 0.303 e. The number of benzene rings is 1. The van der Waals surface area contributed by atoms with Gasteiger partial charge in [0.15, 0.2) is 0 Å². The number of ether oxygens (including phenoxy) is 1. The normalized spacial score (nSPS) is 10.5. The van der Waals surface area contributed by atoms with Gasteiger partial charge in [-0.25, -0.2) is 0 Å². The first kappa shape index (κ1) is 18.0. The van der Waals surface area contributed by atoms with E-state index >= 15 is 0 Å². The molecule has 1 rings (SSSR count). The predicted molar refractivity (Wildman–Crippen MR) is 85.0 cm³/mol. The molecular formula is C17H25NO4. The van der Waals surface area contributed by atoms with Crippen molar-refractivity contribution in [2.75, 3.05) is 6.54 Å². The minimum Gasteiger partial charge on any atom is -0.491 e. The fourth-order valence-electron chi connectivity index (χ4n) is 2.02. The maximum atomic E-state index is 11.6. The van der Waals surface area contributed by atoms with Crippen molar-refractivity contribution in [3.8, 4) is 5.75 Å². The molecule has 2 N–H and O–H groups in total. The van der Waals surface area contributed by atoms with Gasteiger partial charge in [-0.15, -0.1) is 0 Å². The van der Waals surface area contributed by atoms with Crippen LogP contribution in [-0.4, -0.2) is 29.6 Å². The second kappa shape index (κ2) is 9.82. The topological polar surface area (TPSA) is 75.6 Å².